The van der Waals surface area contributed by atoms with Gasteiger partial charge in [-0.25, -0.2) is 14.2 Å². The SMILES string of the molecule is Cc1ncccc1-c1cnn(-c2cnn3ccc(N4CCCC4)nc23)c1. The molecule has 0 radical (unpaired) electrons. The summed E-state index contributed by atoms with van der Waals surface area (Å²) in [5.41, 5.74) is 4.79. The van der Waals surface area contributed by atoms with Crippen LogP contribution in [0, 0.1) is 6.92 Å². The highest BCUT2D eigenvalue weighted by Gasteiger charge is 2.16. The van der Waals surface area contributed by atoms with E-state index < -0.39 is 0 Å². The number of fused-ring (bicyclic) bond motifs is 1. The standard InChI is InChI=1S/C19H19N7/c1-14-16(5-4-7-20-14)15-11-21-26(13-15)17-12-22-25-10-6-18(23-19(17)25)24-8-2-3-9-24/h4-7,10-13H,2-3,8-9H2,1H3. The number of aromatic nitrogens is 6. The predicted molar refractivity (Wildman–Crippen MR) is 99.5 cm³/mol. The van der Waals surface area contributed by atoms with Crippen LogP contribution in [-0.4, -0.2) is 42.5 Å². The zero-order valence-corrected chi connectivity index (χ0v) is 14.6. The Hall–Kier alpha value is -3.22. The number of rotatable bonds is 3. The third-order valence-corrected chi connectivity index (χ3v) is 4.91. The molecule has 26 heavy (non-hydrogen) atoms. The maximum absolute atomic E-state index is 4.85. The maximum atomic E-state index is 4.85. The lowest BCUT2D eigenvalue weighted by molar-refractivity contribution is 0.878. The summed E-state index contributed by atoms with van der Waals surface area (Å²) in [5, 5.41) is 8.96. The second-order valence-corrected chi connectivity index (χ2v) is 6.59. The van der Waals surface area contributed by atoms with Crippen molar-refractivity contribution in [3.8, 4) is 16.8 Å². The molecule has 1 aliphatic rings. The zero-order valence-electron chi connectivity index (χ0n) is 14.6. The van der Waals surface area contributed by atoms with Gasteiger partial charge in [-0.15, -0.1) is 0 Å². The molecule has 0 amide bonds. The van der Waals surface area contributed by atoms with E-state index >= 15 is 0 Å². The molecule has 4 aromatic rings. The van der Waals surface area contributed by atoms with Crippen LogP contribution in [0.5, 0.6) is 0 Å². The Morgan fingerprint density at radius 1 is 1.04 bits per heavy atom. The number of pyridine rings is 1. The summed E-state index contributed by atoms with van der Waals surface area (Å²) in [4.78, 5) is 11.5. The maximum Gasteiger partial charge on any atom is 0.183 e. The fourth-order valence-corrected chi connectivity index (χ4v) is 3.51. The van der Waals surface area contributed by atoms with Gasteiger partial charge in [0.25, 0.3) is 0 Å². The Balaban J connectivity index is 1.57. The topological polar surface area (TPSA) is 64.1 Å². The molecule has 0 bridgehead atoms. The largest absolute Gasteiger partial charge is 0.356 e. The van der Waals surface area contributed by atoms with Gasteiger partial charge < -0.3 is 4.90 Å². The molecule has 0 unspecified atom stereocenters. The Morgan fingerprint density at radius 3 is 2.77 bits per heavy atom. The van der Waals surface area contributed by atoms with Crippen LogP contribution >= 0.6 is 0 Å². The molecule has 5 rings (SSSR count). The molecule has 0 atom stereocenters. The van der Waals surface area contributed by atoms with Crippen molar-refractivity contribution in [3.63, 3.8) is 0 Å². The van der Waals surface area contributed by atoms with Crippen LogP contribution in [0.2, 0.25) is 0 Å². The molecule has 5 heterocycles. The Kier molecular flexibility index (Phi) is 3.44. The number of anilines is 1. The van der Waals surface area contributed by atoms with Crippen molar-refractivity contribution in [1.29, 1.82) is 0 Å². The van der Waals surface area contributed by atoms with Gasteiger partial charge in [-0.05, 0) is 31.9 Å². The van der Waals surface area contributed by atoms with Crippen molar-refractivity contribution < 1.29 is 0 Å². The van der Waals surface area contributed by atoms with Crippen LogP contribution in [0.1, 0.15) is 18.5 Å². The van der Waals surface area contributed by atoms with Crippen LogP contribution < -0.4 is 4.90 Å². The van der Waals surface area contributed by atoms with Gasteiger partial charge in [0.05, 0.1) is 12.4 Å². The van der Waals surface area contributed by atoms with Crippen molar-refractivity contribution in [2.45, 2.75) is 19.8 Å². The van der Waals surface area contributed by atoms with Crippen LogP contribution in [0.4, 0.5) is 5.82 Å². The first-order chi connectivity index (χ1) is 12.8. The highest BCUT2D eigenvalue weighted by Crippen LogP contribution is 2.24. The van der Waals surface area contributed by atoms with Crippen molar-refractivity contribution in [1.82, 2.24) is 29.4 Å². The van der Waals surface area contributed by atoms with Crippen molar-refractivity contribution in [2.24, 2.45) is 0 Å². The minimum Gasteiger partial charge on any atom is -0.356 e. The minimum absolute atomic E-state index is 0.812. The number of hydrogen-bond acceptors (Lipinski definition) is 5. The van der Waals surface area contributed by atoms with E-state index in [2.05, 4.69) is 26.1 Å². The Bertz CT molecular complexity index is 1070. The first kappa shape index (κ1) is 15.1. The second-order valence-electron chi connectivity index (χ2n) is 6.59. The molecule has 1 saturated heterocycles. The Labute approximate surface area is 150 Å². The lowest BCUT2D eigenvalue weighted by Gasteiger charge is -2.16. The first-order valence-electron chi connectivity index (χ1n) is 8.86. The molecule has 0 spiro atoms. The number of aryl methyl sites for hydroxylation is 1. The van der Waals surface area contributed by atoms with Gasteiger partial charge in [0, 0.05) is 48.5 Å². The van der Waals surface area contributed by atoms with Gasteiger partial charge in [-0.3, -0.25) is 4.98 Å². The smallest absolute Gasteiger partial charge is 0.183 e. The minimum atomic E-state index is 0.812. The molecule has 0 aromatic carbocycles. The predicted octanol–water partition coefficient (Wildman–Crippen LogP) is 2.89. The van der Waals surface area contributed by atoms with Gasteiger partial charge >= 0.3 is 0 Å². The molecule has 130 valence electrons. The fraction of sp³-hybridized carbons (Fsp3) is 0.263. The third kappa shape index (κ3) is 2.44. The van der Waals surface area contributed by atoms with E-state index in [-0.39, 0.29) is 0 Å². The van der Waals surface area contributed by atoms with Crippen molar-refractivity contribution in [3.05, 3.63) is 54.9 Å². The van der Waals surface area contributed by atoms with Gasteiger partial charge in [0.2, 0.25) is 0 Å². The summed E-state index contributed by atoms with van der Waals surface area (Å²) < 4.78 is 3.64. The fourth-order valence-electron chi connectivity index (χ4n) is 3.51. The summed E-state index contributed by atoms with van der Waals surface area (Å²) in [6.07, 6.45) is 11.9. The molecule has 4 aromatic heterocycles. The molecule has 7 heteroatoms. The zero-order chi connectivity index (χ0) is 17.5. The summed E-state index contributed by atoms with van der Waals surface area (Å²) in [5.74, 6) is 1.01. The summed E-state index contributed by atoms with van der Waals surface area (Å²) >= 11 is 0. The van der Waals surface area contributed by atoms with E-state index in [0.29, 0.717) is 0 Å². The van der Waals surface area contributed by atoms with Crippen LogP contribution in [0.3, 0.4) is 0 Å². The van der Waals surface area contributed by atoms with E-state index in [9.17, 15) is 0 Å². The molecular formula is C19H19N7. The average molecular weight is 345 g/mol. The van der Waals surface area contributed by atoms with Crippen molar-refractivity contribution >= 4 is 11.5 Å². The van der Waals surface area contributed by atoms with E-state index in [1.165, 1.54) is 12.8 Å². The average Bonchev–Trinajstić information content (AvgIpc) is 3.41. The molecule has 0 saturated carbocycles. The molecule has 1 fully saturated rings. The highest BCUT2D eigenvalue weighted by molar-refractivity contribution is 5.66. The van der Waals surface area contributed by atoms with Gasteiger partial charge in [0.1, 0.15) is 11.5 Å². The molecule has 0 aliphatic carbocycles. The van der Waals surface area contributed by atoms with Gasteiger partial charge in [0.15, 0.2) is 5.65 Å². The quantitative estimate of drug-likeness (QED) is 0.571. The van der Waals surface area contributed by atoms with Crippen LogP contribution in [0.15, 0.2) is 49.2 Å². The first-order valence-corrected chi connectivity index (χ1v) is 8.86. The summed E-state index contributed by atoms with van der Waals surface area (Å²) in [6.45, 7) is 4.14. The van der Waals surface area contributed by atoms with Crippen LogP contribution in [-0.2, 0) is 0 Å². The lowest BCUT2D eigenvalue weighted by Crippen LogP contribution is -2.19. The summed E-state index contributed by atoms with van der Waals surface area (Å²) in [7, 11) is 0. The van der Waals surface area contributed by atoms with Gasteiger partial charge in [-0.1, -0.05) is 6.07 Å². The normalized spacial score (nSPS) is 14.4. The van der Waals surface area contributed by atoms with E-state index in [4.69, 9.17) is 4.98 Å². The van der Waals surface area contributed by atoms with E-state index in [1.807, 2.05) is 48.5 Å². The lowest BCUT2D eigenvalue weighted by atomic mass is 10.1. The molecular weight excluding hydrogens is 326 g/mol. The third-order valence-electron chi connectivity index (χ3n) is 4.91. The number of nitrogens with zero attached hydrogens (tertiary/aromatic N) is 7. The molecule has 7 nitrogen and oxygen atoms in total. The van der Waals surface area contributed by atoms with E-state index in [1.54, 1.807) is 10.7 Å². The number of hydrogen-bond donors (Lipinski definition) is 0. The summed E-state index contributed by atoms with van der Waals surface area (Å²) in [6, 6.07) is 6.03. The van der Waals surface area contributed by atoms with E-state index in [0.717, 1.165) is 47.1 Å². The van der Waals surface area contributed by atoms with Gasteiger partial charge in [-0.2, -0.15) is 10.2 Å². The highest BCUT2D eigenvalue weighted by atomic mass is 15.3. The molecule has 1 aliphatic heterocycles. The molecule has 0 N–H and O–H groups in total. The Morgan fingerprint density at radius 2 is 1.92 bits per heavy atom. The monoisotopic (exact) mass is 345 g/mol. The van der Waals surface area contributed by atoms with Crippen LogP contribution in [0.25, 0.3) is 22.5 Å². The second kappa shape index (κ2) is 5.94. The van der Waals surface area contributed by atoms with Crippen molar-refractivity contribution in [2.75, 3.05) is 18.0 Å².